The number of hydrogen-bond donors (Lipinski definition) is 2. The summed E-state index contributed by atoms with van der Waals surface area (Å²) in [5, 5.41) is 6.94. The van der Waals surface area contributed by atoms with Gasteiger partial charge in [0.15, 0.2) is 0 Å². The number of rotatable bonds is 8. The van der Waals surface area contributed by atoms with Crippen LogP contribution in [0, 0.1) is 0 Å². The summed E-state index contributed by atoms with van der Waals surface area (Å²) < 4.78 is 49.6. The fraction of sp³-hybridized carbons (Fsp3) is 0.182. The summed E-state index contributed by atoms with van der Waals surface area (Å²) in [5.74, 6) is -0.820. The number of carbonyl (C=O) groups is 2. The summed E-state index contributed by atoms with van der Waals surface area (Å²) in [7, 11) is 1.46. The minimum atomic E-state index is -4.58. The Bertz CT molecular complexity index is 1070. The molecule has 10 heteroatoms. The van der Waals surface area contributed by atoms with Gasteiger partial charge in [0.2, 0.25) is 0 Å². The molecule has 0 aliphatic rings. The van der Waals surface area contributed by atoms with Crippen LogP contribution < -0.4 is 15.4 Å². The highest BCUT2D eigenvalue weighted by Gasteiger charge is 2.31. The van der Waals surface area contributed by atoms with Crippen LogP contribution in [-0.4, -0.2) is 32.1 Å². The van der Waals surface area contributed by atoms with Gasteiger partial charge in [-0.25, -0.2) is 0 Å². The molecule has 168 valence electrons. The van der Waals surface area contributed by atoms with Crippen molar-refractivity contribution in [1.29, 1.82) is 0 Å². The molecule has 3 rings (SSSR count). The van der Waals surface area contributed by atoms with E-state index in [2.05, 4.69) is 10.6 Å². The van der Waals surface area contributed by atoms with Gasteiger partial charge in [-0.15, -0.1) is 11.3 Å². The largest absolute Gasteiger partial charge is 0.489 e. The minimum absolute atomic E-state index is 0.0863. The van der Waals surface area contributed by atoms with E-state index in [9.17, 15) is 22.8 Å². The number of ether oxygens (including phenoxy) is 2. The highest BCUT2D eigenvalue weighted by Crippen LogP contribution is 2.35. The Morgan fingerprint density at radius 3 is 2.34 bits per heavy atom. The summed E-state index contributed by atoms with van der Waals surface area (Å²) in [6.07, 6.45) is -4.58. The Morgan fingerprint density at radius 1 is 0.969 bits per heavy atom. The number of halogens is 3. The second-order valence-electron chi connectivity index (χ2n) is 6.51. The molecule has 1 heterocycles. The first-order valence-corrected chi connectivity index (χ1v) is 10.2. The van der Waals surface area contributed by atoms with Gasteiger partial charge in [-0.3, -0.25) is 9.59 Å². The quantitative estimate of drug-likeness (QED) is 0.444. The van der Waals surface area contributed by atoms with Crippen molar-refractivity contribution < 1.29 is 32.2 Å². The normalized spacial score (nSPS) is 11.1. The van der Waals surface area contributed by atoms with E-state index in [-0.39, 0.29) is 36.1 Å². The monoisotopic (exact) mass is 464 g/mol. The lowest BCUT2D eigenvalue weighted by atomic mass is 10.1. The molecule has 32 heavy (non-hydrogen) atoms. The minimum Gasteiger partial charge on any atom is -0.489 e. The second-order valence-corrected chi connectivity index (χ2v) is 7.46. The van der Waals surface area contributed by atoms with Crippen LogP contribution in [0.25, 0.3) is 0 Å². The first-order chi connectivity index (χ1) is 15.3. The number of carbonyl (C=O) groups excluding carboxylic acids is 2. The van der Waals surface area contributed by atoms with Gasteiger partial charge < -0.3 is 20.1 Å². The second kappa shape index (κ2) is 10.3. The Balaban J connectivity index is 1.74. The van der Waals surface area contributed by atoms with Gasteiger partial charge in [0.25, 0.3) is 11.8 Å². The van der Waals surface area contributed by atoms with Gasteiger partial charge in [0.1, 0.15) is 12.4 Å². The predicted octanol–water partition coefficient (Wildman–Crippen LogP) is 5.30. The Hall–Kier alpha value is -3.37. The maximum atomic E-state index is 13.1. The zero-order valence-electron chi connectivity index (χ0n) is 16.9. The van der Waals surface area contributed by atoms with Crippen molar-refractivity contribution in [3.8, 4) is 5.75 Å². The van der Waals surface area contributed by atoms with E-state index in [1.54, 1.807) is 17.5 Å². The predicted molar refractivity (Wildman–Crippen MR) is 115 cm³/mol. The van der Waals surface area contributed by atoms with E-state index in [1.807, 2.05) is 0 Å². The Morgan fingerprint density at radius 2 is 1.72 bits per heavy atom. The number of benzene rings is 2. The smallest absolute Gasteiger partial charge is 0.416 e. The molecule has 0 bridgehead atoms. The van der Waals surface area contributed by atoms with E-state index in [1.165, 1.54) is 42.7 Å². The van der Waals surface area contributed by atoms with Gasteiger partial charge in [0.05, 0.1) is 22.7 Å². The number of anilines is 2. The molecule has 2 N–H and O–H groups in total. The lowest BCUT2D eigenvalue weighted by Gasteiger charge is -2.15. The van der Waals surface area contributed by atoms with Crippen molar-refractivity contribution in [3.05, 3.63) is 76.0 Å². The van der Waals surface area contributed by atoms with Gasteiger partial charge in [0, 0.05) is 18.4 Å². The molecule has 2 amide bonds. The van der Waals surface area contributed by atoms with Crippen LogP contribution in [0.4, 0.5) is 24.5 Å². The van der Waals surface area contributed by atoms with Crippen molar-refractivity contribution in [3.63, 3.8) is 0 Å². The van der Waals surface area contributed by atoms with E-state index < -0.39 is 17.6 Å². The van der Waals surface area contributed by atoms with Crippen LogP contribution >= 0.6 is 11.3 Å². The van der Waals surface area contributed by atoms with Gasteiger partial charge in [-0.05, 0) is 53.9 Å². The molecule has 0 spiro atoms. The number of methoxy groups -OCH3 is 1. The van der Waals surface area contributed by atoms with Crippen LogP contribution in [-0.2, 0) is 10.9 Å². The third kappa shape index (κ3) is 6.08. The van der Waals surface area contributed by atoms with Crippen molar-refractivity contribution in [1.82, 2.24) is 0 Å². The summed E-state index contributed by atoms with van der Waals surface area (Å²) in [4.78, 5) is 25.3. The topological polar surface area (TPSA) is 76.7 Å². The van der Waals surface area contributed by atoms with Gasteiger partial charge in [-0.1, -0.05) is 6.07 Å². The highest BCUT2D eigenvalue weighted by molar-refractivity contribution is 7.12. The fourth-order valence-corrected chi connectivity index (χ4v) is 3.28. The van der Waals surface area contributed by atoms with Gasteiger partial charge in [-0.2, -0.15) is 13.2 Å². The zero-order valence-corrected chi connectivity index (χ0v) is 17.7. The molecule has 0 aliphatic carbocycles. The number of thiophene rings is 1. The summed E-state index contributed by atoms with van der Waals surface area (Å²) in [6, 6.07) is 12.3. The van der Waals surface area contributed by atoms with Crippen LogP contribution in [0.5, 0.6) is 5.75 Å². The fourth-order valence-electron chi connectivity index (χ4n) is 2.66. The molecule has 0 fully saturated rings. The Labute approximate surface area is 186 Å². The van der Waals surface area contributed by atoms with Gasteiger partial charge >= 0.3 is 6.18 Å². The SMILES string of the molecule is COCCOc1ccc(C(F)(F)F)cc1NC(=O)c1ccc(NC(=O)c2cccs2)cc1. The summed E-state index contributed by atoms with van der Waals surface area (Å²) in [6.45, 7) is 0.330. The zero-order chi connectivity index (χ0) is 23.1. The molecule has 0 atom stereocenters. The number of alkyl halides is 3. The highest BCUT2D eigenvalue weighted by atomic mass is 32.1. The molecule has 0 saturated heterocycles. The molecule has 0 unspecified atom stereocenters. The maximum Gasteiger partial charge on any atom is 0.416 e. The Kier molecular flexibility index (Phi) is 7.49. The van der Waals surface area contributed by atoms with Crippen LogP contribution in [0.15, 0.2) is 60.0 Å². The molecule has 0 saturated carbocycles. The number of nitrogens with one attached hydrogen (secondary N) is 2. The van der Waals surface area contributed by atoms with E-state index in [0.29, 0.717) is 10.6 Å². The van der Waals surface area contributed by atoms with Crippen molar-refractivity contribution in [2.45, 2.75) is 6.18 Å². The molecule has 1 aromatic heterocycles. The number of hydrogen-bond acceptors (Lipinski definition) is 5. The lowest BCUT2D eigenvalue weighted by Crippen LogP contribution is -2.15. The molecular weight excluding hydrogens is 445 g/mol. The molecule has 0 radical (unpaired) electrons. The van der Waals surface area contributed by atoms with E-state index in [0.717, 1.165) is 18.2 Å². The van der Waals surface area contributed by atoms with Crippen LogP contribution in [0.2, 0.25) is 0 Å². The van der Waals surface area contributed by atoms with E-state index in [4.69, 9.17) is 9.47 Å². The van der Waals surface area contributed by atoms with Crippen molar-refractivity contribution in [2.24, 2.45) is 0 Å². The summed E-state index contributed by atoms with van der Waals surface area (Å²) >= 11 is 1.29. The molecule has 6 nitrogen and oxygen atoms in total. The summed E-state index contributed by atoms with van der Waals surface area (Å²) in [5.41, 5.74) is -0.364. The average molecular weight is 464 g/mol. The average Bonchev–Trinajstić information content (AvgIpc) is 3.30. The third-order valence-corrected chi connectivity index (χ3v) is 5.12. The maximum absolute atomic E-state index is 13.1. The molecule has 2 aromatic carbocycles. The molecule has 3 aromatic rings. The van der Waals surface area contributed by atoms with Crippen molar-refractivity contribution >= 4 is 34.5 Å². The van der Waals surface area contributed by atoms with E-state index >= 15 is 0 Å². The first-order valence-electron chi connectivity index (χ1n) is 9.37. The van der Waals surface area contributed by atoms with Crippen LogP contribution in [0.3, 0.4) is 0 Å². The lowest BCUT2D eigenvalue weighted by molar-refractivity contribution is -0.137. The van der Waals surface area contributed by atoms with Crippen molar-refractivity contribution in [2.75, 3.05) is 31.0 Å². The standard InChI is InChI=1S/C22H19F3N2O4S/c1-30-10-11-31-18-9-6-15(22(23,24)25)13-17(18)27-20(28)14-4-7-16(8-5-14)26-21(29)19-3-2-12-32-19/h2-9,12-13H,10-11H2,1H3,(H,26,29)(H,27,28). The molecule has 0 aliphatic heterocycles. The first kappa shape index (κ1) is 23.3. The third-order valence-electron chi connectivity index (χ3n) is 4.25. The number of amides is 2. The molecular formula is C22H19F3N2O4S. The van der Waals surface area contributed by atoms with Crippen LogP contribution in [0.1, 0.15) is 25.6 Å².